The summed E-state index contributed by atoms with van der Waals surface area (Å²) in [4.78, 5) is 30.6. The highest BCUT2D eigenvalue weighted by atomic mass is 35.5. The quantitative estimate of drug-likeness (QED) is 0.797. The van der Waals surface area contributed by atoms with Crippen molar-refractivity contribution in [2.45, 2.75) is 37.1 Å². The predicted octanol–water partition coefficient (Wildman–Crippen LogP) is 3.17. The summed E-state index contributed by atoms with van der Waals surface area (Å²) in [6.07, 6.45) is 2.66. The summed E-state index contributed by atoms with van der Waals surface area (Å²) in [5, 5.41) is 3.30. The van der Waals surface area contributed by atoms with E-state index in [1.165, 1.54) is 0 Å². The Labute approximate surface area is 184 Å². The molecular weight excluding hydrogens is 398 g/mol. The topological polar surface area (TPSA) is 52.7 Å². The van der Waals surface area contributed by atoms with Crippen molar-refractivity contribution in [1.82, 2.24) is 10.2 Å². The Hall–Kier alpha value is -2.37. The van der Waals surface area contributed by atoms with Crippen LogP contribution in [0.25, 0.3) is 0 Å². The van der Waals surface area contributed by atoms with Gasteiger partial charge in [-0.2, -0.15) is 0 Å². The molecule has 5 nitrogen and oxygen atoms in total. The number of halogens is 1. The van der Waals surface area contributed by atoms with E-state index in [0.29, 0.717) is 12.5 Å². The van der Waals surface area contributed by atoms with Crippen molar-refractivity contribution in [1.29, 1.82) is 0 Å². The first-order chi connectivity index (χ1) is 14.0. The number of nitrogens with one attached hydrogen (secondary N) is 1. The van der Waals surface area contributed by atoms with Crippen LogP contribution in [-0.2, 0) is 21.4 Å². The van der Waals surface area contributed by atoms with Crippen LogP contribution in [0.5, 0.6) is 0 Å². The van der Waals surface area contributed by atoms with Gasteiger partial charge < -0.3 is 15.1 Å². The molecule has 6 heteroatoms. The Balaban J connectivity index is 0.00000256. The number of fused-ring (bicyclic) bond motifs is 1. The minimum absolute atomic E-state index is 0. The van der Waals surface area contributed by atoms with Crippen molar-refractivity contribution in [3.05, 3.63) is 65.7 Å². The van der Waals surface area contributed by atoms with Gasteiger partial charge in [-0.25, -0.2) is 0 Å². The maximum atomic E-state index is 13.6. The van der Waals surface area contributed by atoms with Crippen LogP contribution in [0, 0.1) is 0 Å². The average Bonchev–Trinajstić information content (AvgIpc) is 2.97. The van der Waals surface area contributed by atoms with Gasteiger partial charge in [0.25, 0.3) is 0 Å². The summed E-state index contributed by atoms with van der Waals surface area (Å²) in [7, 11) is 3.79. The zero-order chi connectivity index (χ0) is 20.4. The molecule has 160 valence electrons. The molecule has 2 heterocycles. The van der Waals surface area contributed by atoms with Gasteiger partial charge in [0, 0.05) is 38.3 Å². The molecule has 2 aliphatic heterocycles. The smallest absolute Gasteiger partial charge is 0.238 e. The molecule has 30 heavy (non-hydrogen) atoms. The zero-order valence-corrected chi connectivity index (χ0v) is 18.5. The molecule has 0 spiro atoms. The van der Waals surface area contributed by atoms with Gasteiger partial charge in [-0.15, -0.1) is 12.4 Å². The van der Waals surface area contributed by atoms with Crippen LogP contribution in [0.3, 0.4) is 0 Å². The lowest BCUT2D eigenvalue weighted by Crippen LogP contribution is -2.48. The number of carbonyl (C=O) groups is 2. The van der Waals surface area contributed by atoms with Gasteiger partial charge in [-0.3, -0.25) is 9.59 Å². The van der Waals surface area contributed by atoms with Gasteiger partial charge in [-0.1, -0.05) is 48.5 Å². The van der Waals surface area contributed by atoms with Crippen LogP contribution in [0.4, 0.5) is 5.69 Å². The molecule has 1 N–H and O–H groups in total. The van der Waals surface area contributed by atoms with E-state index in [0.717, 1.165) is 42.7 Å². The van der Waals surface area contributed by atoms with Gasteiger partial charge in [0.15, 0.2) is 0 Å². The van der Waals surface area contributed by atoms with E-state index in [-0.39, 0.29) is 30.6 Å². The van der Waals surface area contributed by atoms with Crippen molar-refractivity contribution < 1.29 is 9.59 Å². The lowest BCUT2D eigenvalue weighted by atomic mass is 9.73. The highest BCUT2D eigenvalue weighted by molar-refractivity contribution is 6.10. The third-order valence-electron chi connectivity index (χ3n) is 6.55. The number of likely N-dealkylation sites (tertiary alicyclic amines) is 1. The van der Waals surface area contributed by atoms with E-state index in [2.05, 4.69) is 5.32 Å². The van der Waals surface area contributed by atoms with E-state index in [1.54, 1.807) is 4.90 Å². The third kappa shape index (κ3) is 3.96. The van der Waals surface area contributed by atoms with Crippen LogP contribution >= 0.6 is 12.4 Å². The highest BCUT2D eigenvalue weighted by Gasteiger charge is 2.51. The van der Waals surface area contributed by atoms with Crippen molar-refractivity contribution >= 4 is 29.9 Å². The second-order valence-electron chi connectivity index (χ2n) is 8.25. The van der Waals surface area contributed by atoms with Crippen LogP contribution in [0.1, 0.15) is 30.4 Å². The average molecular weight is 428 g/mol. The summed E-state index contributed by atoms with van der Waals surface area (Å²) in [5.41, 5.74) is 2.11. The number of anilines is 1. The van der Waals surface area contributed by atoms with Crippen LogP contribution in [0.15, 0.2) is 54.6 Å². The number of rotatable bonds is 5. The van der Waals surface area contributed by atoms with E-state index >= 15 is 0 Å². The Kier molecular flexibility index (Phi) is 6.84. The lowest BCUT2D eigenvalue weighted by molar-refractivity contribution is -0.137. The fraction of sp³-hybridized carbons (Fsp3) is 0.417. The van der Waals surface area contributed by atoms with Crippen molar-refractivity contribution in [3.8, 4) is 0 Å². The maximum absolute atomic E-state index is 13.6. The summed E-state index contributed by atoms with van der Waals surface area (Å²) < 4.78 is 0. The van der Waals surface area contributed by atoms with Crippen molar-refractivity contribution in [3.63, 3.8) is 0 Å². The molecule has 1 unspecified atom stereocenters. The first-order valence-electron chi connectivity index (χ1n) is 10.4. The maximum Gasteiger partial charge on any atom is 0.238 e. The fourth-order valence-corrected chi connectivity index (χ4v) is 4.85. The molecule has 4 rings (SSSR count). The minimum Gasteiger partial charge on any atom is -0.343 e. The van der Waals surface area contributed by atoms with Crippen LogP contribution in [0.2, 0.25) is 0 Å². The lowest BCUT2D eigenvalue weighted by Gasteiger charge is -2.35. The number of piperidine rings is 1. The molecule has 2 aromatic carbocycles. The minimum atomic E-state index is -0.844. The number of hydrogen-bond acceptors (Lipinski definition) is 3. The molecule has 0 radical (unpaired) electrons. The highest BCUT2D eigenvalue weighted by Crippen LogP contribution is 2.45. The van der Waals surface area contributed by atoms with Gasteiger partial charge in [0.2, 0.25) is 11.8 Å². The molecule has 0 aromatic heterocycles. The Morgan fingerprint density at radius 2 is 1.70 bits per heavy atom. The molecular formula is C24H30ClN3O2. The second-order valence-corrected chi connectivity index (χ2v) is 8.25. The largest absolute Gasteiger partial charge is 0.343 e. The number of carbonyl (C=O) groups excluding carboxylic acids is 2. The Bertz CT molecular complexity index is 896. The SMILES string of the molecule is CNC1CCN(C(=O)CC2(Cc3ccccc3)C(=O)N(C)c3ccccc32)CC1.Cl. The number of benzene rings is 2. The number of para-hydroxylation sites is 1. The molecule has 0 aliphatic carbocycles. The molecule has 0 saturated carbocycles. The van der Waals surface area contributed by atoms with E-state index in [4.69, 9.17) is 0 Å². The van der Waals surface area contributed by atoms with Crippen LogP contribution < -0.4 is 10.2 Å². The monoisotopic (exact) mass is 427 g/mol. The number of amides is 2. The Morgan fingerprint density at radius 1 is 1.07 bits per heavy atom. The molecule has 1 saturated heterocycles. The molecule has 1 atom stereocenters. The first-order valence-corrected chi connectivity index (χ1v) is 10.4. The predicted molar refractivity (Wildman–Crippen MR) is 122 cm³/mol. The third-order valence-corrected chi connectivity index (χ3v) is 6.55. The molecule has 2 amide bonds. The molecule has 2 aromatic rings. The number of likely N-dealkylation sites (N-methyl/N-ethyl adjacent to an activating group) is 1. The zero-order valence-electron chi connectivity index (χ0n) is 17.6. The van der Waals surface area contributed by atoms with Crippen molar-refractivity contribution in [2.75, 3.05) is 32.1 Å². The molecule has 0 bridgehead atoms. The first kappa shape index (κ1) is 22.3. The summed E-state index contributed by atoms with van der Waals surface area (Å²) >= 11 is 0. The number of hydrogen-bond donors (Lipinski definition) is 1. The van der Waals surface area contributed by atoms with Gasteiger partial charge in [-0.05, 0) is 43.5 Å². The van der Waals surface area contributed by atoms with Gasteiger partial charge >= 0.3 is 0 Å². The van der Waals surface area contributed by atoms with E-state index in [1.807, 2.05) is 73.6 Å². The summed E-state index contributed by atoms with van der Waals surface area (Å²) in [6, 6.07) is 18.4. The van der Waals surface area contributed by atoms with E-state index in [9.17, 15) is 9.59 Å². The van der Waals surface area contributed by atoms with Crippen molar-refractivity contribution in [2.24, 2.45) is 0 Å². The molecule has 2 aliphatic rings. The Morgan fingerprint density at radius 3 is 2.37 bits per heavy atom. The summed E-state index contributed by atoms with van der Waals surface area (Å²) in [6.45, 7) is 1.49. The van der Waals surface area contributed by atoms with E-state index < -0.39 is 5.41 Å². The summed E-state index contributed by atoms with van der Waals surface area (Å²) in [5.74, 6) is 0.0925. The normalized spacial score (nSPS) is 21.3. The van der Waals surface area contributed by atoms with Gasteiger partial charge in [0.05, 0.1) is 5.41 Å². The fourth-order valence-electron chi connectivity index (χ4n) is 4.85. The van der Waals surface area contributed by atoms with Gasteiger partial charge in [0.1, 0.15) is 0 Å². The standard InChI is InChI=1S/C24H29N3O2.ClH/c1-25-19-12-14-27(15-13-19)22(28)17-24(16-18-8-4-3-5-9-18)20-10-6-7-11-21(20)26(2)23(24)29;/h3-11,19,25H,12-17H2,1-2H3;1H. The van der Waals surface area contributed by atoms with Crippen LogP contribution in [-0.4, -0.2) is 49.9 Å². The second kappa shape index (κ2) is 9.19. The number of nitrogens with zero attached hydrogens (tertiary/aromatic N) is 2. The molecule has 1 fully saturated rings.